The second-order valence-corrected chi connectivity index (χ2v) is 5.48. The Morgan fingerprint density at radius 2 is 2.10 bits per heavy atom. The average molecular weight is 297 g/mol. The number of anilines is 1. The lowest BCUT2D eigenvalue weighted by Crippen LogP contribution is -2.31. The number of nitrogens with two attached hydrogens (primary N) is 1. The molecule has 0 spiro atoms. The molecule has 20 heavy (non-hydrogen) atoms. The molecule has 1 amide bonds. The maximum absolute atomic E-state index is 11.5. The molecule has 6 heteroatoms. The number of carbonyl (C=O) groups excluding carboxylic acids is 1. The fourth-order valence-electron chi connectivity index (χ4n) is 2.66. The maximum atomic E-state index is 11.5. The number of carbonyl (C=O) groups is 2. The third-order valence-corrected chi connectivity index (χ3v) is 3.96. The van der Waals surface area contributed by atoms with E-state index in [-0.39, 0.29) is 17.5 Å². The van der Waals surface area contributed by atoms with Gasteiger partial charge in [-0.2, -0.15) is 0 Å². The van der Waals surface area contributed by atoms with Gasteiger partial charge < -0.3 is 16.2 Å². The normalized spacial score (nSPS) is 22.2. The molecular weight excluding hydrogens is 280 g/mol. The molecule has 2 rings (SSSR count). The van der Waals surface area contributed by atoms with Crippen LogP contribution in [-0.2, 0) is 4.79 Å². The van der Waals surface area contributed by atoms with Crippen LogP contribution < -0.4 is 11.1 Å². The van der Waals surface area contributed by atoms with Crippen LogP contribution in [0.3, 0.4) is 0 Å². The molecule has 1 aromatic rings. The molecule has 5 nitrogen and oxygen atoms in total. The van der Waals surface area contributed by atoms with Crippen LogP contribution in [0.5, 0.6) is 0 Å². The largest absolute Gasteiger partial charge is 0.481 e. The van der Waals surface area contributed by atoms with E-state index in [1.807, 2.05) is 0 Å². The van der Waals surface area contributed by atoms with Crippen LogP contribution in [0.2, 0.25) is 5.02 Å². The fraction of sp³-hybridized carbons (Fsp3) is 0.429. The fourth-order valence-corrected chi connectivity index (χ4v) is 2.93. The zero-order valence-electron chi connectivity index (χ0n) is 10.9. The van der Waals surface area contributed by atoms with Gasteiger partial charge in [0.25, 0.3) is 5.91 Å². The van der Waals surface area contributed by atoms with Crippen molar-refractivity contribution < 1.29 is 14.7 Å². The Bertz CT molecular complexity index is 533. The van der Waals surface area contributed by atoms with Gasteiger partial charge in [0.05, 0.1) is 16.5 Å². The van der Waals surface area contributed by atoms with Crippen LogP contribution in [0.15, 0.2) is 18.2 Å². The van der Waals surface area contributed by atoms with Crippen LogP contribution in [0.25, 0.3) is 0 Å². The third kappa shape index (κ3) is 3.22. The smallest absolute Gasteiger partial charge is 0.306 e. The highest BCUT2D eigenvalue weighted by Crippen LogP contribution is 2.30. The molecule has 0 heterocycles. The van der Waals surface area contributed by atoms with E-state index in [0.717, 1.165) is 12.8 Å². The van der Waals surface area contributed by atoms with Crippen molar-refractivity contribution in [1.82, 2.24) is 0 Å². The summed E-state index contributed by atoms with van der Waals surface area (Å²) in [5.74, 6) is -1.70. The molecule has 4 N–H and O–H groups in total. The minimum Gasteiger partial charge on any atom is -0.481 e. The number of halogens is 1. The summed E-state index contributed by atoms with van der Waals surface area (Å²) in [6, 6.07) is 5.08. The summed E-state index contributed by atoms with van der Waals surface area (Å²) >= 11 is 5.99. The van der Waals surface area contributed by atoms with Gasteiger partial charge in [-0.15, -0.1) is 0 Å². The Hall–Kier alpha value is -1.75. The van der Waals surface area contributed by atoms with Crippen LogP contribution in [0, 0.1) is 5.92 Å². The highest BCUT2D eigenvalue weighted by Gasteiger charge is 2.27. The highest BCUT2D eigenvalue weighted by atomic mass is 35.5. The minimum absolute atomic E-state index is 0.0152. The van der Waals surface area contributed by atoms with Gasteiger partial charge in [-0.05, 0) is 31.4 Å². The minimum atomic E-state index is -0.766. The third-order valence-electron chi connectivity index (χ3n) is 3.64. The zero-order chi connectivity index (χ0) is 14.7. The summed E-state index contributed by atoms with van der Waals surface area (Å²) in [7, 11) is 0. The Labute approximate surface area is 122 Å². The van der Waals surface area contributed by atoms with Crippen molar-refractivity contribution in [2.24, 2.45) is 11.7 Å². The molecule has 0 aliphatic heterocycles. The molecule has 0 saturated heterocycles. The van der Waals surface area contributed by atoms with Gasteiger partial charge in [0.1, 0.15) is 0 Å². The van der Waals surface area contributed by atoms with Crippen molar-refractivity contribution in [2.75, 3.05) is 5.32 Å². The second-order valence-electron chi connectivity index (χ2n) is 5.07. The van der Waals surface area contributed by atoms with Crippen LogP contribution in [0.1, 0.15) is 36.0 Å². The predicted octanol–water partition coefficient (Wildman–Crippen LogP) is 2.49. The predicted molar refractivity (Wildman–Crippen MR) is 77.0 cm³/mol. The number of carboxylic acid groups (broad SMARTS) is 1. The molecule has 1 aliphatic carbocycles. The Morgan fingerprint density at radius 1 is 1.35 bits per heavy atom. The van der Waals surface area contributed by atoms with Crippen LogP contribution >= 0.6 is 11.6 Å². The number of hydrogen-bond donors (Lipinski definition) is 3. The molecule has 0 radical (unpaired) electrons. The lowest BCUT2D eigenvalue weighted by atomic mass is 9.85. The Balaban J connectivity index is 2.16. The molecule has 2 atom stereocenters. The number of hydrogen-bond acceptors (Lipinski definition) is 3. The Kier molecular flexibility index (Phi) is 4.49. The van der Waals surface area contributed by atoms with Crippen molar-refractivity contribution in [3.63, 3.8) is 0 Å². The highest BCUT2D eigenvalue weighted by molar-refractivity contribution is 6.34. The van der Waals surface area contributed by atoms with Crippen molar-refractivity contribution in [3.05, 3.63) is 28.8 Å². The van der Waals surface area contributed by atoms with Gasteiger partial charge >= 0.3 is 5.97 Å². The number of amides is 1. The standard InChI is InChI=1S/C14H17ClN2O3/c15-10-5-2-6-11(12(10)13(16)18)17-9-4-1-3-8(7-9)14(19)20/h2,5-6,8-9,17H,1,3-4,7H2,(H2,16,18)(H,19,20). The zero-order valence-corrected chi connectivity index (χ0v) is 11.7. The molecule has 0 aromatic heterocycles. The van der Waals surface area contributed by atoms with Gasteiger partial charge in [-0.1, -0.05) is 24.1 Å². The lowest BCUT2D eigenvalue weighted by molar-refractivity contribution is -0.142. The lowest BCUT2D eigenvalue weighted by Gasteiger charge is -2.28. The quantitative estimate of drug-likeness (QED) is 0.796. The van der Waals surface area contributed by atoms with Gasteiger partial charge in [-0.25, -0.2) is 0 Å². The molecule has 1 aromatic carbocycles. The van der Waals surface area contributed by atoms with Crippen molar-refractivity contribution in [3.8, 4) is 0 Å². The van der Waals surface area contributed by atoms with E-state index in [4.69, 9.17) is 22.4 Å². The number of carboxylic acids is 1. The maximum Gasteiger partial charge on any atom is 0.306 e. The van der Waals surface area contributed by atoms with E-state index in [9.17, 15) is 9.59 Å². The summed E-state index contributed by atoms with van der Waals surface area (Å²) in [5.41, 5.74) is 6.17. The summed E-state index contributed by atoms with van der Waals surface area (Å²) < 4.78 is 0. The number of benzene rings is 1. The van der Waals surface area contributed by atoms with Crippen LogP contribution in [-0.4, -0.2) is 23.0 Å². The van der Waals surface area contributed by atoms with Crippen molar-refractivity contribution in [2.45, 2.75) is 31.7 Å². The van der Waals surface area contributed by atoms with Gasteiger partial charge in [0.2, 0.25) is 0 Å². The topological polar surface area (TPSA) is 92.4 Å². The van der Waals surface area contributed by atoms with Crippen LogP contribution in [0.4, 0.5) is 5.69 Å². The molecule has 108 valence electrons. The SMILES string of the molecule is NC(=O)c1c(Cl)cccc1NC1CCCC(C(=O)O)C1. The van der Waals surface area contributed by atoms with E-state index in [1.165, 1.54) is 0 Å². The van der Waals surface area contributed by atoms with E-state index in [2.05, 4.69) is 5.32 Å². The number of primary amides is 1. The summed E-state index contributed by atoms with van der Waals surface area (Å²) in [6.07, 6.45) is 2.96. The number of aliphatic carboxylic acids is 1. The van der Waals surface area contributed by atoms with E-state index >= 15 is 0 Å². The first-order valence-corrected chi connectivity index (χ1v) is 6.94. The number of nitrogens with one attached hydrogen (secondary N) is 1. The molecule has 1 fully saturated rings. The molecule has 1 aliphatic rings. The second kappa shape index (κ2) is 6.13. The first-order chi connectivity index (χ1) is 9.49. The molecule has 0 bridgehead atoms. The van der Waals surface area contributed by atoms with Gasteiger partial charge in [0, 0.05) is 11.7 Å². The average Bonchev–Trinajstić information content (AvgIpc) is 2.38. The first-order valence-electron chi connectivity index (χ1n) is 6.56. The molecule has 2 unspecified atom stereocenters. The van der Waals surface area contributed by atoms with Crippen molar-refractivity contribution in [1.29, 1.82) is 0 Å². The van der Waals surface area contributed by atoms with Crippen molar-refractivity contribution >= 4 is 29.2 Å². The summed E-state index contributed by atoms with van der Waals surface area (Å²) in [4.78, 5) is 22.5. The molecular formula is C14H17ClN2O3. The first kappa shape index (κ1) is 14.7. The van der Waals surface area contributed by atoms with E-state index in [0.29, 0.717) is 23.6 Å². The summed E-state index contributed by atoms with van der Waals surface area (Å²) in [6.45, 7) is 0. The van der Waals surface area contributed by atoms with Gasteiger partial charge in [-0.3, -0.25) is 9.59 Å². The van der Waals surface area contributed by atoms with E-state index in [1.54, 1.807) is 18.2 Å². The Morgan fingerprint density at radius 3 is 2.75 bits per heavy atom. The van der Waals surface area contributed by atoms with Gasteiger partial charge in [0.15, 0.2) is 0 Å². The molecule has 1 saturated carbocycles. The monoisotopic (exact) mass is 296 g/mol. The number of rotatable bonds is 4. The summed E-state index contributed by atoms with van der Waals surface area (Å²) in [5, 5.41) is 12.6. The van der Waals surface area contributed by atoms with E-state index < -0.39 is 11.9 Å².